The first-order valence-electron chi connectivity index (χ1n) is 25.3. The van der Waals surface area contributed by atoms with Crippen molar-refractivity contribution in [3.63, 3.8) is 0 Å². The minimum atomic E-state index is -3.70. The Balaban J connectivity index is 0.000000321. The number of benzene rings is 4. The molecule has 2 aliphatic rings. The topological polar surface area (TPSA) is 214 Å². The molecule has 0 bridgehead atoms. The average Bonchev–Trinajstić information content (AvgIpc) is 4.11. The fourth-order valence-electron chi connectivity index (χ4n) is 8.69. The summed E-state index contributed by atoms with van der Waals surface area (Å²) in [5.41, 5.74) is 7.65. The number of nitrogens with zero attached hydrogens (tertiary/aromatic N) is 5. The van der Waals surface area contributed by atoms with E-state index in [1.807, 2.05) is 7.05 Å². The molecule has 0 spiro atoms. The van der Waals surface area contributed by atoms with Gasteiger partial charge in [-0.1, -0.05) is 48.5 Å². The molecule has 1 amide bonds. The second kappa shape index (κ2) is 33.6. The third kappa shape index (κ3) is 21.1. The first-order chi connectivity index (χ1) is 36.2. The van der Waals surface area contributed by atoms with Crippen LogP contribution in [0.5, 0.6) is 11.5 Å². The van der Waals surface area contributed by atoms with Gasteiger partial charge in [0.2, 0.25) is 26.0 Å². The number of rotatable bonds is 25. The molecule has 21 heteroatoms. The highest BCUT2D eigenvalue weighted by Crippen LogP contribution is 2.29. The number of likely N-dealkylation sites (tertiary alicyclic amines) is 2. The minimum absolute atomic E-state index is 0.0992. The summed E-state index contributed by atoms with van der Waals surface area (Å²) in [6.07, 6.45) is 5.30. The van der Waals surface area contributed by atoms with Gasteiger partial charge in [0.15, 0.2) is 6.79 Å². The zero-order valence-corrected chi connectivity index (χ0v) is 47.8. The summed E-state index contributed by atoms with van der Waals surface area (Å²) in [6.45, 7) is 15.7. The van der Waals surface area contributed by atoms with Gasteiger partial charge in [-0.3, -0.25) is 24.2 Å². The zero-order chi connectivity index (χ0) is 56.3. The highest BCUT2D eigenvalue weighted by atomic mass is 32.2. The molecule has 2 saturated heterocycles. The molecule has 2 aliphatic heterocycles. The fraction of sp³-hybridized carbons (Fsp3) is 0.509. The van der Waals surface area contributed by atoms with Crippen LogP contribution in [0.4, 0.5) is 0 Å². The number of ether oxygens (including phenoxy) is 5. The highest BCUT2D eigenvalue weighted by Gasteiger charge is 2.27. The van der Waals surface area contributed by atoms with Crippen LogP contribution >= 0.6 is 0 Å². The van der Waals surface area contributed by atoms with Crippen molar-refractivity contribution >= 4 is 38.9 Å². The van der Waals surface area contributed by atoms with Gasteiger partial charge in [-0.15, -0.1) is 0 Å². The van der Waals surface area contributed by atoms with Gasteiger partial charge in [0, 0.05) is 60.4 Å². The molecular weight excluding hydrogens is 1020 g/mol. The standard InChI is InChI=1S/C27H39N3O5S.C14H21NO6S.C13H20N2.CH2O2/c1-21-16-25(34-5)17-22(2)27(21)36(32,33)29(4)14-15-35-20-26(31)28(3)18-23-8-10-24(11-9-23)19-30-12-6-7-13-30;1-11-7-13(19-4)8-12(2)14(11)22(17,18)15(3)5-6-20-10-21-9-16;1-14-10-12-4-6-13(7-5-12)11-15-8-2-3-9-15;2-1-3/h8-11,16-17H,6-7,12-15,18-20H2,1-5H3;7-9H,5-6,10H2,1-4H3;4-7,14H,2-3,8-11H2,1H3;1H,(H,2,3). The predicted octanol–water partition coefficient (Wildman–Crippen LogP) is 5.99. The van der Waals surface area contributed by atoms with Crippen LogP contribution in [0.1, 0.15) is 70.2 Å². The molecule has 4 aromatic carbocycles. The van der Waals surface area contributed by atoms with E-state index in [1.54, 1.807) is 71.0 Å². The average molecular weight is 1100 g/mol. The maximum absolute atomic E-state index is 13.1. The maximum Gasteiger partial charge on any atom is 0.295 e. The van der Waals surface area contributed by atoms with Crippen LogP contribution in [0.25, 0.3) is 0 Å². The van der Waals surface area contributed by atoms with Crippen molar-refractivity contribution in [3.05, 3.63) is 117 Å². The van der Waals surface area contributed by atoms with E-state index in [-0.39, 0.29) is 68.3 Å². The Labute approximate surface area is 452 Å². The number of carbonyl (C=O) groups excluding carboxylic acids is 2. The summed E-state index contributed by atoms with van der Waals surface area (Å²) >= 11 is 0. The molecule has 76 heavy (non-hydrogen) atoms. The Morgan fingerprint density at radius 3 is 1.37 bits per heavy atom. The Morgan fingerprint density at radius 2 is 1.00 bits per heavy atom. The second-order valence-corrected chi connectivity index (χ2v) is 22.6. The molecule has 0 unspecified atom stereocenters. The van der Waals surface area contributed by atoms with Crippen molar-refractivity contribution < 1.29 is 60.0 Å². The van der Waals surface area contributed by atoms with Crippen molar-refractivity contribution in [1.82, 2.24) is 28.6 Å². The van der Waals surface area contributed by atoms with Gasteiger partial charge in [0.25, 0.3) is 12.9 Å². The lowest BCUT2D eigenvalue weighted by molar-refractivity contribution is -0.140. The van der Waals surface area contributed by atoms with Gasteiger partial charge in [-0.25, -0.2) is 16.8 Å². The molecule has 0 saturated carbocycles. The van der Waals surface area contributed by atoms with Gasteiger partial charge in [0.1, 0.15) is 18.1 Å². The van der Waals surface area contributed by atoms with Gasteiger partial charge in [0.05, 0.1) is 37.2 Å². The molecule has 2 fully saturated rings. The van der Waals surface area contributed by atoms with E-state index < -0.39 is 20.0 Å². The Hall–Kier alpha value is -5.49. The molecule has 422 valence electrons. The van der Waals surface area contributed by atoms with Crippen molar-refractivity contribution in [2.75, 3.05) is 108 Å². The lowest BCUT2D eigenvalue weighted by Crippen LogP contribution is -2.33. The third-order valence-electron chi connectivity index (χ3n) is 12.7. The number of hydrogen-bond donors (Lipinski definition) is 2. The van der Waals surface area contributed by atoms with Crippen LogP contribution in [0.2, 0.25) is 0 Å². The number of aryl methyl sites for hydroxylation is 4. The summed E-state index contributed by atoms with van der Waals surface area (Å²) < 4.78 is 79.1. The summed E-state index contributed by atoms with van der Waals surface area (Å²) in [6, 6.07) is 24.1. The molecule has 6 rings (SSSR count). The van der Waals surface area contributed by atoms with E-state index in [4.69, 9.17) is 28.8 Å². The Morgan fingerprint density at radius 1 is 0.632 bits per heavy atom. The highest BCUT2D eigenvalue weighted by molar-refractivity contribution is 7.89. The summed E-state index contributed by atoms with van der Waals surface area (Å²) in [7, 11) is 2.48. The van der Waals surface area contributed by atoms with Crippen LogP contribution in [0.3, 0.4) is 0 Å². The van der Waals surface area contributed by atoms with Crippen LogP contribution in [0, 0.1) is 27.7 Å². The lowest BCUT2D eigenvalue weighted by atomic mass is 10.1. The van der Waals surface area contributed by atoms with Gasteiger partial charge >= 0.3 is 0 Å². The molecule has 2 N–H and O–H groups in total. The van der Waals surface area contributed by atoms with Crippen LogP contribution in [0.15, 0.2) is 82.6 Å². The molecule has 19 nitrogen and oxygen atoms in total. The summed E-state index contributed by atoms with van der Waals surface area (Å²) in [5.74, 6) is 1.09. The number of carboxylic acid groups (broad SMARTS) is 1. The van der Waals surface area contributed by atoms with E-state index >= 15 is 0 Å². The number of likely N-dealkylation sites (N-methyl/N-ethyl adjacent to an activating group) is 3. The van der Waals surface area contributed by atoms with Crippen molar-refractivity contribution in [2.45, 2.75) is 89.3 Å². The lowest BCUT2D eigenvalue weighted by Gasteiger charge is -2.21. The van der Waals surface area contributed by atoms with E-state index in [0.717, 1.165) is 25.2 Å². The van der Waals surface area contributed by atoms with Crippen molar-refractivity contribution in [2.24, 2.45) is 0 Å². The molecule has 0 aromatic heterocycles. The molecule has 0 aliphatic carbocycles. The van der Waals surface area contributed by atoms with Crippen molar-refractivity contribution in [1.29, 1.82) is 0 Å². The quantitative estimate of drug-likeness (QED) is 0.0443. The van der Waals surface area contributed by atoms with Gasteiger partial charge < -0.3 is 39.0 Å². The summed E-state index contributed by atoms with van der Waals surface area (Å²) in [5, 5.41) is 10.1. The Bertz CT molecular complexity index is 2560. The zero-order valence-electron chi connectivity index (χ0n) is 46.2. The molecule has 2 heterocycles. The number of hydrogen-bond acceptors (Lipinski definition) is 15. The van der Waals surface area contributed by atoms with Gasteiger partial charge in [-0.2, -0.15) is 8.61 Å². The van der Waals surface area contributed by atoms with Crippen LogP contribution in [-0.4, -0.2) is 172 Å². The molecular formula is C55H82N6O13S2. The predicted molar refractivity (Wildman–Crippen MR) is 293 cm³/mol. The monoisotopic (exact) mass is 1100 g/mol. The second-order valence-electron chi connectivity index (χ2n) is 18.7. The number of methoxy groups -OCH3 is 2. The number of carbonyl (C=O) groups is 3. The SMILES string of the molecule is CNCc1ccc(CN2CCCC2)cc1.COc1cc(C)c(S(=O)(=O)N(C)CCOCC(=O)N(C)Cc2ccc(CN3CCCC3)cc2)c(C)c1.COc1cc(C)c(S(=O)(=O)N(C)CCOCOC=O)c(C)c1.O=CO. The van der Waals surface area contributed by atoms with Gasteiger partial charge in [-0.05, 0) is 155 Å². The Kier molecular flexibility index (Phi) is 28.7. The van der Waals surface area contributed by atoms with Crippen LogP contribution < -0.4 is 14.8 Å². The molecule has 0 atom stereocenters. The number of sulfonamides is 2. The minimum Gasteiger partial charge on any atom is -0.497 e. The number of amides is 1. The largest absolute Gasteiger partial charge is 0.497 e. The first-order valence-corrected chi connectivity index (χ1v) is 28.1. The summed E-state index contributed by atoms with van der Waals surface area (Å²) in [4.78, 5) is 38.0. The van der Waals surface area contributed by atoms with E-state index in [0.29, 0.717) is 40.3 Å². The normalized spacial score (nSPS) is 13.7. The smallest absolute Gasteiger partial charge is 0.295 e. The number of nitrogens with one attached hydrogen (secondary N) is 1. The van der Waals surface area contributed by atoms with E-state index in [9.17, 15) is 26.4 Å². The molecule has 0 radical (unpaired) electrons. The fourth-order valence-corrected chi connectivity index (χ4v) is 11.8. The van der Waals surface area contributed by atoms with Crippen molar-refractivity contribution in [3.8, 4) is 11.5 Å². The maximum atomic E-state index is 13.1. The molecule has 4 aromatic rings. The van der Waals surface area contributed by atoms with E-state index in [2.05, 4.69) is 68.4 Å². The van der Waals surface area contributed by atoms with E-state index in [1.165, 1.54) is 98.4 Å². The first kappa shape index (κ1) is 64.8. The van der Waals surface area contributed by atoms with Crippen LogP contribution in [-0.2, 0) is 74.8 Å². The third-order valence-corrected chi connectivity index (χ3v) is 17.0.